The molecule has 1 saturated carbocycles. The van der Waals surface area contributed by atoms with Gasteiger partial charge >= 0.3 is 0 Å². The summed E-state index contributed by atoms with van der Waals surface area (Å²) in [5.74, 6) is 1.57. The number of methoxy groups -OCH3 is 1. The smallest absolute Gasteiger partial charge is 0.118 e. The van der Waals surface area contributed by atoms with Crippen molar-refractivity contribution in [3.8, 4) is 5.75 Å². The van der Waals surface area contributed by atoms with Crippen molar-refractivity contribution in [2.24, 2.45) is 10.9 Å². The fraction of sp³-hybridized carbons (Fsp3) is 0.350. The lowest BCUT2D eigenvalue weighted by molar-refractivity contribution is 0.409. The Morgan fingerprint density at radius 3 is 2.45 bits per heavy atom. The third kappa shape index (κ3) is 2.33. The molecule has 2 aromatic carbocycles. The van der Waals surface area contributed by atoms with E-state index in [9.17, 15) is 0 Å². The van der Waals surface area contributed by atoms with Gasteiger partial charge in [0.1, 0.15) is 5.75 Å². The van der Waals surface area contributed by atoms with Gasteiger partial charge in [-0.05, 0) is 48.1 Å². The average Bonchev–Trinajstić information content (AvgIpc) is 2.53. The number of hydrogen-bond acceptors (Lipinski definition) is 2. The van der Waals surface area contributed by atoms with Crippen molar-refractivity contribution >= 4 is 5.71 Å². The van der Waals surface area contributed by atoms with E-state index in [4.69, 9.17) is 9.73 Å². The van der Waals surface area contributed by atoms with Crippen LogP contribution in [0.1, 0.15) is 42.0 Å². The summed E-state index contributed by atoms with van der Waals surface area (Å²) < 4.78 is 5.26. The van der Waals surface area contributed by atoms with E-state index in [1.54, 1.807) is 7.11 Å². The van der Waals surface area contributed by atoms with Gasteiger partial charge in [-0.2, -0.15) is 0 Å². The summed E-state index contributed by atoms with van der Waals surface area (Å²) >= 11 is 0. The second kappa shape index (κ2) is 5.60. The Bertz CT molecular complexity index is 698. The van der Waals surface area contributed by atoms with E-state index in [1.165, 1.54) is 41.7 Å². The first-order chi connectivity index (χ1) is 10.8. The first kappa shape index (κ1) is 13.6. The van der Waals surface area contributed by atoms with Crippen LogP contribution in [0.5, 0.6) is 5.75 Å². The van der Waals surface area contributed by atoms with Crippen molar-refractivity contribution in [1.82, 2.24) is 0 Å². The zero-order chi connectivity index (χ0) is 14.9. The van der Waals surface area contributed by atoms with Crippen molar-refractivity contribution in [3.63, 3.8) is 0 Å². The summed E-state index contributed by atoms with van der Waals surface area (Å²) in [7, 11) is 1.71. The van der Waals surface area contributed by atoms with E-state index in [0.29, 0.717) is 5.92 Å². The molecular weight excluding hydrogens is 270 g/mol. The van der Waals surface area contributed by atoms with Gasteiger partial charge in [-0.1, -0.05) is 42.8 Å². The topological polar surface area (TPSA) is 21.6 Å². The van der Waals surface area contributed by atoms with Crippen LogP contribution in [0.4, 0.5) is 0 Å². The molecule has 1 atom stereocenters. The van der Waals surface area contributed by atoms with Gasteiger partial charge < -0.3 is 4.74 Å². The van der Waals surface area contributed by atoms with Crippen LogP contribution in [0.25, 0.3) is 0 Å². The Morgan fingerprint density at radius 1 is 1.00 bits per heavy atom. The monoisotopic (exact) mass is 291 g/mol. The molecule has 0 radical (unpaired) electrons. The van der Waals surface area contributed by atoms with E-state index in [-0.39, 0.29) is 6.04 Å². The van der Waals surface area contributed by atoms with Crippen LogP contribution in [-0.2, 0) is 6.42 Å². The van der Waals surface area contributed by atoms with Crippen LogP contribution < -0.4 is 4.74 Å². The van der Waals surface area contributed by atoms with Gasteiger partial charge in [0.05, 0.1) is 13.2 Å². The molecule has 0 N–H and O–H groups in total. The third-order valence-electron chi connectivity index (χ3n) is 4.99. The van der Waals surface area contributed by atoms with Crippen LogP contribution in [0.3, 0.4) is 0 Å². The molecule has 0 bridgehead atoms. The second-order valence-electron chi connectivity index (χ2n) is 6.29. The van der Waals surface area contributed by atoms with Crippen LogP contribution >= 0.6 is 0 Å². The molecule has 2 aromatic rings. The first-order valence-electron chi connectivity index (χ1n) is 8.15. The first-order valence-corrected chi connectivity index (χ1v) is 8.15. The number of benzene rings is 2. The third-order valence-corrected chi connectivity index (χ3v) is 4.99. The quantitative estimate of drug-likeness (QED) is 0.811. The minimum atomic E-state index is 0.247. The van der Waals surface area contributed by atoms with E-state index in [0.717, 1.165) is 12.2 Å². The minimum Gasteiger partial charge on any atom is -0.497 e. The Hall–Kier alpha value is -2.09. The van der Waals surface area contributed by atoms with E-state index in [2.05, 4.69) is 36.4 Å². The lowest BCUT2D eigenvalue weighted by Gasteiger charge is -2.33. The maximum Gasteiger partial charge on any atom is 0.118 e. The number of nitrogens with zero attached hydrogens (tertiary/aromatic N) is 1. The van der Waals surface area contributed by atoms with E-state index >= 15 is 0 Å². The van der Waals surface area contributed by atoms with Crippen LogP contribution in [0.15, 0.2) is 53.5 Å². The van der Waals surface area contributed by atoms with Gasteiger partial charge in [0, 0.05) is 11.6 Å². The largest absolute Gasteiger partial charge is 0.497 e. The molecule has 0 saturated heterocycles. The Morgan fingerprint density at radius 2 is 1.77 bits per heavy atom. The average molecular weight is 291 g/mol. The molecule has 112 valence electrons. The maximum absolute atomic E-state index is 5.26. The van der Waals surface area contributed by atoms with Gasteiger partial charge in [-0.25, -0.2) is 0 Å². The Kier molecular flexibility index (Phi) is 3.45. The van der Waals surface area contributed by atoms with E-state index in [1.807, 2.05) is 12.1 Å². The summed E-state index contributed by atoms with van der Waals surface area (Å²) in [5.41, 5.74) is 5.46. The molecule has 1 fully saturated rings. The highest BCUT2D eigenvalue weighted by molar-refractivity contribution is 6.04. The molecule has 0 unspecified atom stereocenters. The molecule has 22 heavy (non-hydrogen) atoms. The molecule has 2 aliphatic rings. The number of aliphatic imine (C=N–C) groups is 1. The summed E-state index contributed by atoms with van der Waals surface area (Å²) in [6.07, 6.45) is 4.93. The van der Waals surface area contributed by atoms with Crippen molar-refractivity contribution in [1.29, 1.82) is 0 Å². The van der Waals surface area contributed by atoms with Crippen molar-refractivity contribution in [2.45, 2.75) is 31.7 Å². The molecule has 0 spiro atoms. The fourth-order valence-corrected chi connectivity index (χ4v) is 3.47. The maximum atomic E-state index is 5.26. The molecule has 1 heterocycles. The highest BCUT2D eigenvalue weighted by Gasteiger charge is 2.30. The molecule has 0 aromatic heterocycles. The number of fused-ring (bicyclic) bond motifs is 1. The summed E-state index contributed by atoms with van der Waals surface area (Å²) in [4.78, 5) is 5.15. The van der Waals surface area contributed by atoms with Gasteiger partial charge in [0.25, 0.3) is 0 Å². The second-order valence-corrected chi connectivity index (χ2v) is 6.29. The molecule has 0 amide bonds. The Balaban J connectivity index is 1.71. The molecule has 2 heteroatoms. The van der Waals surface area contributed by atoms with Gasteiger partial charge in [0.2, 0.25) is 0 Å². The molecule has 4 rings (SSSR count). The molecular formula is C20H21NO. The Labute approximate surface area is 131 Å². The summed E-state index contributed by atoms with van der Waals surface area (Å²) in [6, 6.07) is 17.4. The molecule has 1 aliphatic carbocycles. The normalized spacial score (nSPS) is 20.8. The minimum absolute atomic E-state index is 0.247. The number of rotatable bonds is 3. The lowest BCUT2D eigenvalue weighted by atomic mass is 9.76. The summed E-state index contributed by atoms with van der Waals surface area (Å²) in [5, 5.41) is 0. The number of ether oxygens (including phenoxy) is 1. The van der Waals surface area contributed by atoms with Crippen LogP contribution in [-0.4, -0.2) is 12.8 Å². The highest BCUT2D eigenvalue weighted by atomic mass is 16.5. The number of hydrogen-bond donors (Lipinski definition) is 0. The molecule has 1 aliphatic heterocycles. The zero-order valence-electron chi connectivity index (χ0n) is 13.0. The van der Waals surface area contributed by atoms with Gasteiger partial charge in [-0.15, -0.1) is 0 Å². The van der Waals surface area contributed by atoms with Crippen molar-refractivity contribution < 1.29 is 4.74 Å². The SMILES string of the molecule is COc1ccc([C@H]2Cc3ccccc3C(C3CCC3)=N2)cc1. The van der Waals surface area contributed by atoms with Crippen molar-refractivity contribution in [2.75, 3.05) is 7.11 Å². The predicted molar refractivity (Wildman–Crippen MR) is 89.8 cm³/mol. The molecule has 2 nitrogen and oxygen atoms in total. The zero-order valence-corrected chi connectivity index (χ0v) is 13.0. The highest BCUT2D eigenvalue weighted by Crippen LogP contribution is 2.37. The van der Waals surface area contributed by atoms with Crippen LogP contribution in [0.2, 0.25) is 0 Å². The lowest BCUT2D eigenvalue weighted by Crippen LogP contribution is -2.27. The summed E-state index contributed by atoms with van der Waals surface area (Å²) in [6.45, 7) is 0. The fourth-order valence-electron chi connectivity index (χ4n) is 3.47. The van der Waals surface area contributed by atoms with Crippen LogP contribution in [0, 0.1) is 5.92 Å². The predicted octanol–water partition coefficient (Wildman–Crippen LogP) is 4.58. The van der Waals surface area contributed by atoms with Crippen molar-refractivity contribution in [3.05, 3.63) is 65.2 Å². The van der Waals surface area contributed by atoms with Gasteiger partial charge in [-0.3, -0.25) is 4.99 Å². The van der Waals surface area contributed by atoms with Gasteiger partial charge in [0.15, 0.2) is 0 Å². The standard InChI is InChI=1S/C20H21NO/c1-22-17-11-9-14(10-12-17)19-13-16-5-2-3-8-18(16)20(21-19)15-6-4-7-15/h2-3,5,8-12,15,19H,4,6-7,13H2,1H3/t19-/m1/s1. The van der Waals surface area contributed by atoms with E-state index < -0.39 is 0 Å².